The monoisotopic (exact) mass is 1120 g/mol. The number of carbonyl (C=O) groups excluding carboxylic acids is 3. The van der Waals surface area contributed by atoms with E-state index in [1.54, 1.807) is 0 Å². The Morgan fingerprint density at radius 2 is 0.450 bits per heavy atom. The molecule has 80 heavy (non-hydrogen) atoms. The summed E-state index contributed by atoms with van der Waals surface area (Å²) in [7, 11) is 0. The topological polar surface area (TPSA) is 78.9 Å². The van der Waals surface area contributed by atoms with Crippen LogP contribution in [0.25, 0.3) is 0 Å². The summed E-state index contributed by atoms with van der Waals surface area (Å²) in [5.41, 5.74) is 0. The van der Waals surface area contributed by atoms with Gasteiger partial charge in [0, 0.05) is 19.3 Å². The molecule has 1 unspecified atom stereocenters. The van der Waals surface area contributed by atoms with Crippen LogP contribution in [0, 0.1) is 0 Å². The summed E-state index contributed by atoms with van der Waals surface area (Å²) in [6.07, 6.45) is 86.7. The number of carbonyl (C=O) groups is 3. The second-order valence-corrected chi connectivity index (χ2v) is 24.5. The Kier molecular flexibility index (Phi) is 67.1. The number of rotatable bonds is 67. The number of allylic oxidation sites excluding steroid dienone is 6. The highest BCUT2D eigenvalue weighted by molar-refractivity contribution is 5.71. The lowest BCUT2D eigenvalue weighted by atomic mass is 10.0. The van der Waals surface area contributed by atoms with E-state index in [1.165, 1.54) is 283 Å². The third-order valence-corrected chi connectivity index (χ3v) is 16.4. The fourth-order valence-corrected chi connectivity index (χ4v) is 11.0. The predicted molar refractivity (Wildman–Crippen MR) is 349 cm³/mol. The van der Waals surface area contributed by atoms with Crippen LogP contribution in [0.2, 0.25) is 0 Å². The van der Waals surface area contributed by atoms with Crippen LogP contribution in [0.3, 0.4) is 0 Å². The molecule has 0 aromatic rings. The Morgan fingerprint density at radius 3 is 0.700 bits per heavy atom. The number of hydrogen-bond donors (Lipinski definition) is 0. The molecule has 0 aromatic carbocycles. The molecular formula is C74H138O6. The number of ether oxygens (including phenoxy) is 3. The van der Waals surface area contributed by atoms with Gasteiger partial charge in [-0.2, -0.15) is 0 Å². The maximum atomic E-state index is 12.9. The van der Waals surface area contributed by atoms with Gasteiger partial charge in [-0.1, -0.05) is 359 Å². The van der Waals surface area contributed by atoms with Crippen LogP contribution < -0.4 is 0 Å². The van der Waals surface area contributed by atoms with E-state index < -0.39 is 6.10 Å². The van der Waals surface area contributed by atoms with E-state index >= 15 is 0 Å². The standard InChI is InChI=1S/C74H138O6/c1-4-7-10-13-15-17-19-21-23-25-27-29-31-33-34-35-36-37-38-39-40-41-43-44-46-48-50-52-54-56-58-61-64-67-73(76)79-70-71(69-78-72(75)66-63-60-12-9-6-3)80-74(77)68-65-62-59-57-55-53-51-49-47-45-42-32-30-28-26-24-22-20-18-16-14-11-8-5-2/h19,21,25,27,31,33,71H,4-18,20,22-24,26,28-30,32,34-70H2,1-3H3/b21-19-,27-25-,33-31-. The molecule has 6 heteroatoms. The Balaban J connectivity index is 3.90. The van der Waals surface area contributed by atoms with Crippen molar-refractivity contribution in [2.75, 3.05) is 13.2 Å². The lowest BCUT2D eigenvalue weighted by Gasteiger charge is -2.18. The molecule has 0 N–H and O–H groups in total. The van der Waals surface area contributed by atoms with Gasteiger partial charge in [-0.25, -0.2) is 0 Å². The minimum absolute atomic E-state index is 0.0661. The Hall–Kier alpha value is -2.37. The van der Waals surface area contributed by atoms with E-state index in [1.807, 2.05) is 0 Å². The first-order chi connectivity index (χ1) is 39.5. The maximum absolute atomic E-state index is 12.9. The first-order valence-electron chi connectivity index (χ1n) is 36.0. The highest BCUT2D eigenvalue weighted by atomic mass is 16.6. The highest BCUT2D eigenvalue weighted by Crippen LogP contribution is 2.19. The molecule has 0 saturated heterocycles. The Bertz CT molecular complexity index is 1340. The first-order valence-corrected chi connectivity index (χ1v) is 36.0. The van der Waals surface area contributed by atoms with Gasteiger partial charge in [-0.15, -0.1) is 0 Å². The fraction of sp³-hybridized carbons (Fsp3) is 0.878. The quantitative estimate of drug-likeness (QED) is 0.0261. The molecule has 0 aromatic heterocycles. The van der Waals surface area contributed by atoms with E-state index in [9.17, 15) is 14.4 Å². The average molecular weight is 1120 g/mol. The van der Waals surface area contributed by atoms with Gasteiger partial charge in [0.1, 0.15) is 13.2 Å². The van der Waals surface area contributed by atoms with Crippen molar-refractivity contribution in [3.05, 3.63) is 36.5 Å². The molecule has 0 spiro atoms. The van der Waals surface area contributed by atoms with Crippen LogP contribution in [0.4, 0.5) is 0 Å². The highest BCUT2D eigenvalue weighted by Gasteiger charge is 2.19. The first kappa shape index (κ1) is 77.6. The van der Waals surface area contributed by atoms with Crippen LogP contribution in [0.15, 0.2) is 36.5 Å². The molecule has 0 heterocycles. The molecule has 0 aliphatic carbocycles. The van der Waals surface area contributed by atoms with Crippen molar-refractivity contribution in [1.29, 1.82) is 0 Å². The number of hydrogen-bond acceptors (Lipinski definition) is 6. The lowest BCUT2D eigenvalue weighted by molar-refractivity contribution is -0.167. The van der Waals surface area contributed by atoms with E-state index in [-0.39, 0.29) is 31.1 Å². The van der Waals surface area contributed by atoms with Crippen LogP contribution in [0.5, 0.6) is 0 Å². The molecule has 0 amide bonds. The molecular weight excluding hydrogens is 985 g/mol. The second-order valence-electron chi connectivity index (χ2n) is 24.5. The van der Waals surface area contributed by atoms with Crippen molar-refractivity contribution in [2.45, 2.75) is 406 Å². The van der Waals surface area contributed by atoms with Crippen LogP contribution >= 0.6 is 0 Å². The molecule has 0 fully saturated rings. The van der Waals surface area contributed by atoms with Crippen molar-refractivity contribution in [2.24, 2.45) is 0 Å². The average Bonchev–Trinajstić information content (AvgIpc) is 3.46. The molecule has 1 atom stereocenters. The van der Waals surface area contributed by atoms with Gasteiger partial charge >= 0.3 is 17.9 Å². The fourth-order valence-electron chi connectivity index (χ4n) is 11.0. The summed E-state index contributed by atoms with van der Waals surface area (Å²) in [6, 6.07) is 0. The van der Waals surface area contributed by atoms with Gasteiger partial charge in [0.05, 0.1) is 0 Å². The zero-order valence-corrected chi connectivity index (χ0v) is 54.1. The van der Waals surface area contributed by atoms with Crippen LogP contribution in [-0.4, -0.2) is 37.2 Å². The minimum atomic E-state index is -0.765. The predicted octanol–water partition coefficient (Wildman–Crippen LogP) is 24.7. The smallest absolute Gasteiger partial charge is 0.306 e. The zero-order valence-electron chi connectivity index (χ0n) is 54.1. The zero-order chi connectivity index (χ0) is 57.8. The lowest BCUT2D eigenvalue weighted by Crippen LogP contribution is -2.30. The summed E-state index contributed by atoms with van der Waals surface area (Å²) in [5.74, 6) is -0.852. The largest absolute Gasteiger partial charge is 0.462 e. The molecule has 0 saturated carbocycles. The minimum Gasteiger partial charge on any atom is -0.462 e. The molecule has 0 bridgehead atoms. The number of unbranched alkanes of at least 4 members (excludes halogenated alkanes) is 50. The van der Waals surface area contributed by atoms with E-state index in [4.69, 9.17) is 14.2 Å². The molecule has 0 aliphatic rings. The van der Waals surface area contributed by atoms with Gasteiger partial charge in [0.15, 0.2) is 6.10 Å². The van der Waals surface area contributed by atoms with Gasteiger partial charge in [-0.3, -0.25) is 14.4 Å². The van der Waals surface area contributed by atoms with E-state index in [0.29, 0.717) is 19.3 Å². The van der Waals surface area contributed by atoms with Gasteiger partial charge < -0.3 is 14.2 Å². The van der Waals surface area contributed by atoms with Crippen molar-refractivity contribution in [1.82, 2.24) is 0 Å². The van der Waals surface area contributed by atoms with E-state index in [0.717, 1.165) is 77.0 Å². The third-order valence-electron chi connectivity index (χ3n) is 16.4. The van der Waals surface area contributed by atoms with Crippen LogP contribution in [-0.2, 0) is 28.6 Å². The Labute approximate surface area is 499 Å². The SMILES string of the molecule is CCCCCCC/C=C\C/C=C\C/C=C\CCCCCCCCCCCCCCCCCCCCC(=O)OCC(COC(=O)CCCCCCC)OC(=O)CCCCCCCCCCCCCCCCCCCCCCCCCC. The maximum Gasteiger partial charge on any atom is 0.306 e. The van der Waals surface area contributed by atoms with E-state index in [2.05, 4.69) is 57.2 Å². The Morgan fingerprint density at radius 1 is 0.250 bits per heavy atom. The van der Waals surface area contributed by atoms with Gasteiger partial charge in [0.2, 0.25) is 0 Å². The molecule has 6 nitrogen and oxygen atoms in total. The van der Waals surface area contributed by atoms with Crippen LogP contribution in [0.1, 0.15) is 400 Å². The third kappa shape index (κ3) is 66.4. The normalized spacial score (nSPS) is 12.2. The summed E-state index contributed by atoms with van der Waals surface area (Å²) in [6.45, 7) is 6.62. The summed E-state index contributed by atoms with van der Waals surface area (Å²) >= 11 is 0. The second kappa shape index (κ2) is 69.1. The molecule has 0 radical (unpaired) electrons. The summed E-state index contributed by atoms with van der Waals surface area (Å²) < 4.78 is 16.8. The van der Waals surface area contributed by atoms with Crippen molar-refractivity contribution in [3.63, 3.8) is 0 Å². The molecule has 0 aliphatic heterocycles. The van der Waals surface area contributed by atoms with Gasteiger partial charge in [-0.05, 0) is 57.8 Å². The summed E-state index contributed by atoms with van der Waals surface area (Å²) in [4.78, 5) is 38.0. The van der Waals surface area contributed by atoms with Crippen molar-refractivity contribution < 1.29 is 28.6 Å². The molecule has 470 valence electrons. The van der Waals surface area contributed by atoms with Crippen molar-refractivity contribution in [3.8, 4) is 0 Å². The number of esters is 3. The van der Waals surface area contributed by atoms with Gasteiger partial charge in [0.25, 0.3) is 0 Å². The molecule has 0 rings (SSSR count). The summed E-state index contributed by atoms with van der Waals surface area (Å²) in [5, 5.41) is 0. The van der Waals surface area contributed by atoms with Crippen molar-refractivity contribution >= 4 is 17.9 Å².